The Bertz CT molecular complexity index is 878. The van der Waals surface area contributed by atoms with Gasteiger partial charge in [-0.25, -0.2) is 4.79 Å². The lowest BCUT2D eigenvalue weighted by molar-refractivity contribution is -0.135. The van der Waals surface area contributed by atoms with Gasteiger partial charge in [0.05, 0.1) is 6.07 Å². The highest BCUT2D eigenvalue weighted by molar-refractivity contribution is 6.09. The first-order valence-corrected chi connectivity index (χ1v) is 9.61. The van der Waals surface area contributed by atoms with E-state index in [2.05, 4.69) is 21.4 Å². The summed E-state index contributed by atoms with van der Waals surface area (Å²) in [6.45, 7) is -2.03. The number of urea groups is 1. The summed E-state index contributed by atoms with van der Waals surface area (Å²) in [5, 5.41) is 14.7. The minimum Gasteiger partial charge on any atom is -0.435 e. The molecule has 2 N–H and O–H groups in total. The number of hydrogen-bond donors (Lipinski definition) is 2. The molecule has 1 aliphatic carbocycles. The van der Waals surface area contributed by atoms with Crippen LogP contribution in [-0.4, -0.2) is 41.4 Å². The van der Waals surface area contributed by atoms with E-state index in [1.807, 2.05) is 0 Å². The van der Waals surface area contributed by atoms with Gasteiger partial charge in [0.1, 0.15) is 23.4 Å². The number of amides is 4. The SMILES string of the molecule is C[C@]1(c2ccc(OC(F)F)cc2)NC(=O)N(CC(=O)NC2(C#N)CCCCC2)C1=O. The van der Waals surface area contributed by atoms with Crippen molar-refractivity contribution in [2.75, 3.05) is 6.54 Å². The fourth-order valence-corrected chi connectivity index (χ4v) is 3.88. The van der Waals surface area contributed by atoms with E-state index in [4.69, 9.17) is 0 Å². The van der Waals surface area contributed by atoms with Crippen LogP contribution in [-0.2, 0) is 15.1 Å². The number of nitriles is 1. The van der Waals surface area contributed by atoms with Crippen LogP contribution in [0, 0.1) is 11.3 Å². The number of rotatable bonds is 6. The lowest BCUT2D eigenvalue weighted by atomic mass is 9.83. The molecule has 0 bridgehead atoms. The highest BCUT2D eigenvalue weighted by atomic mass is 19.3. The molecule has 10 heteroatoms. The Hall–Kier alpha value is -3.22. The quantitative estimate of drug-likeness (QED) is 0.687. The summed E-state index contributed by atoms with van der Waals surface area (Å²) in [4.78, 5) is 38.6. The van der Waals surface area contributed by atoms with Crippen molar-refractivity contribution in [2.45, 2.75) is 56.7 Å². The number of ether oxygens (including phenoxy) is 1. The molecule has 1 aliphatic heterocycles. The predicted molar refractivity (Wildman–Crippen MR) is 100 cm³/mol. The van der Waals surface area contributed by atoms with Crippen molar-refractivity contribution >= 4 is 17.8 Å². The Balaban J connectivity index is 1.71. The number of carbonyl (C=O) groups excluding carboxylic acids is 3. The summed E-state index contributed by atoms with van der Waals surface area (Å²) in [6, 6.07) is 6.73. The minimum absolute atomic E-state index is 0.0837. The zero-order valence-electron chi connectivity index (χ0n) is 16.4. The monoisotopic (exact) mass is 420 g/mol. The first-order valence-electron chi connectivity index (χ1n) is 9.61. The van der Waals surface area contributed by atoms with Crippen LogP contribution >= 0.6 is 0 Å². The smallest absolute Gasteiger partial charge is 0.387 e. The van der Waals surface area contributed by atoms with Crippen LogP contribution < -0.4 is 15.4 Å². The molecule has 2 fully saturated rings. The summed E-state index contributed by atoms with van der Waals surface area (Å²) >= 11 is 0. The Morgan fingerprint density at radius 3 is 2.47 bits per heavy atom. The molecule has 0 aromatic heterocycles. The van der Waals surface area contributed by atoms with Crippen molar-refractivity contribution in [3.05, 3.63) is 29.8 Å². The standard InChI is InChI=1S/C20H22F2N4O4/c1-19(13-5-7-14(8-6-13)30-17(21)22)16(28)26(18(29)25-19)11-15(27)24-20(12-23)9-3-2-4-10-20/h5-8,17H,2-4,9-11H2,1H3,(H,24,27)(H,25,29)/t19-/m1/s1. The summed E-state index contributed by atoms with van der Waals surface area (Å²) in [7, 11) is 0. The number of hydrogen-bond acceptors (Lipinski definition) is 5. The van der Waals surface area contributed by atoms with Crippen LogP contribution in [0.15, 0.2) is 24.3 Å². The van der Waals surface area contributed by atoms with E-state index < -0.39 is 42.1 Å². The molecule has 1 atom stereocenters. The van der Waals surface area contributed by atoms with E-state index in [-0.39, 0.29) is 5.75 Å². The van der Waals surface area contributed by atoms with Gasteiger partial charge in [-0.2, -0.15) is 14.0 Å². The van der Waals surface area contributed by atoms with Gasteiger partial charge in [-0.15, -0.1) is 0 Å². The first-order chi connectivity index (χ1) is 14.2. The zero-order chi connectivity index (χ0) is 21.9. The van der Waals surface area contributed by atoms with Gasteiger partial charge >= 0.3 is 12.6 Å². The van der Waals surface area contributed by atoms with Crippen molar-refractivity contribution in [1.82, 2.24) is 15.5 Å². The third kappa shape index (κ3) is 4.20. The largest absolute Gasteiger partial charge is 0.435 e. The number of carbonyl (C=O) groups is 3. The second-order valence-corrected chi connectivity index (χ2v) is 7.65. The van der Waals surface area contributed by atoms with E-state index in [0.717, 1.165) is 24.2 Å². The number of imide groups is 1. The highest BCUT2D eigenvalue weighted by Crippen LogP contribution is 2.31. The molecule has 1 aromatic carbocycles. The number of halogens is 2. The minimum atomic E-state index is -2.98. The van der Waals surface area contributed by atoms with Crippen LogP contribution in [0.5, 0.6) is 5.75 Å². The lowest BCUT2D eigenvalue weighted by Gasteiger charge is -2.32. The molecule has 4 amide bonds. The van der Waals surface area contributed by atoms with Gasteiger partial charge in [0.25, 0.3) is 5.91 Å². The summed E-state index contributed by atoms with van der Waals surface area (Å²) in [5.41, 5.74) is -2.08. The molecular formula is C20H22F2N4O4. The predicted octanol–water partition coefficient (Wildman–Crippen LogP) is 2.40. The molecule has 30 heavy (non-hydrogen) atoms. The van der Waals surface area contributed by atoms with Crippen LogP contribution in [0.3, 0.4) is 0 Å². The Kier molecular flexibility index (Phi) is 5.92. The molecule has 8 nitrogen and oxygen atoms in total. The van der Waals surface area contributed by atoms with Gasteiger partial charge in [0, 0.05) is 0 Å². The van der Waals surface area contributed by atoms with E-state index in [1.54, 1.807) is 0 Å². The van der Waals surface area contributed by atoms with Gasteiger partial charge in [0.15, 0.2) is 0 Å². The third-order valence-electron chi connectivity index (χ3n) is 5.53. The molecule has 160 valence electrons. The Morgan fingerprint density at radius 2 is 1.90 bits per heavy atom. The van der Waals surface area contributed by atoms with E-state index in [9.17, 15) is 28.4 Å². The average Bonchev–Trinajstić information content (AvgIpc) is 2.92. The number of nitrogens with one attached hydrogen (secondary N) is 2. The van der Waals surface area contributed by atoms with Gasteiger partial charge < -0.3 is 15.4 Å². The third-order valence-corrected chi connectivity index (χ3v) is 5.53. The number of nitrogens with zero attached hydrogens (tertiary/aromatic N) is 2. The van der Waals surface area contributed by atoms with Crippen molar-refractivity contribution in [3.63, 3.8) is 0 Å². The van der Waals surface area contributed by atoms with Crippen LogP contribution in [0.2, 0.25) is 0 Å². The molecule has 2 aliphatic rings. The maximum absolute atomic E-state index is 12.9. The second kappa shape index (κ2) is 8.26. The highest BCUT2D eigenvalue weighted by Gasteiger charge is 2.49. The van der Waals surface area contributed by atoms with Gasteiger partial charge in [-0.1, -0.05) is 31.4 Å². The van der Waals surface area contributed by atoms with E-state index in [1.165, 1.54) is 31.2 Å². The van der Waals surface area contributed by atoms with Gasteiger partial charge in [0.2, 0.25) is 5.91 Å². The molecule has 0 unspecified atom stereocenters. The topological polar surface area (TPSA) is 112 Å². The Morgan fingerprint density at radius 1 is 1.27 bits per heavy atom. The molecule has 1 saturated heterocycles. The van der Waals surface area contributed by atoms with Gasteiger partial charge in [-0.3, -0.25) is 14.5 Å². The van der Waals surface area contributed by atoms with E-state index in [0.29, 0.717) is 18.4 Å². The fraction of sp³-hybridized carbons (Fsp3) is 0.500. The zero-order valence-corrected chi connectivity index (χ0v) is 16.4. The number of alkyl halides is 2. The Labute approximate surface area is 172 Å². The average molecular weight is 420 g/mol. The second-order valence-electron chi connectivity index (χ2n) is 7.65. The maximum atomic E-state index is 12.9. The fourth-order valence-electron chi connectivity index (χ4n) is 3.88. The summed E-state index contributed by atoms with van der Waals surface area (Å²) < 4.78 is 28.9. The van der Waals surface area contributed by atoms with Crippen molar-refractivity contribution in [3.8, 4) is 11.8 Å². The van der Waals surface area contributed by atoms with Crippen LogP contribution in [0.25, 0.3) is 0 Å². The van der Waals surface area contributed by atoms with Crippen LogP contribution in [0.1, 0.15) is 44.6 Å². The van der Waals surface area contributed by atoms with Crippen molar-refractivity contribution in [2.24, 2.45) is 0 Å². The van der Waals surface area contributed by atoms with E-state index >= 15 is 0 Å². The number of benzene rings is 1. The normalized spacial score (nSPS) is 23.1. The summed E-state index contributed by atoms with van der Waals surface area (Å²) in [5.74, 6) is -1.33. The van der Waals surface area contributed by atoms with Crippen LogP contribution in [0.4, 0.5) is 13.6 Å². The maximum Gasteiger partial charge on any atom is 0.387 e. The molecule has 0 spiro atoms. The molecule has 1 heterocycles. The first kappa shape index (κ1) is 21.5. The molecule has 0 radical (unpaired) electrons. The molecule has 3 rings (SSSR count). The molecular weight excluding hydrogens is 398 g/mol. The summed E-state index contributed by atoms with van der Waals surface area (Å²) in [6.07, 6.45) is 3.69. The molecule has 1 saturated carbocycles. The van der Waals surface area contributed by atoms with Crippen molar-refractivity contribution < 1.29 is 27.9 Å². The van der Waals surface area contributed by atoms with Crippen molar-refractivity contribution in [1.29, 1.82) is 5.26 Å². The van der Waals surface area contributed by atoms with Gasteiger partial charge in [-0.05, 0) is 37.5 Å². The molecule has 1 aromatic rings. The lowest BCUT2D eigenvalue weighted by Crippen LogP contribution is -2.52.